The van der Waals surface area contributed by atoms with Crippen molar-refractivity contribution in [2.75, 3.05) is 0 Å². The number of carbonyl (C=O) groups excluding carboxylic acids is 1. The van der Waals surface area contributed by atoms with Crippen LogP contribution >= 0.6 is 0 Å². The van der Waals surface area contributed by atoms with Gasteiger partial charge in [0, 0.05) is 11.8 Å². The molecule has 0 unspecified atom stereocenters. The lowest BCUT2D eigenvalue weighted by molar-refractivity contribution is -0.107. The molecule has 0 spiro atoms. The van der Waals surface area contributed by atoms with Crippen molar-refractivity contribution in [1.29, 1.82) is 0 Å². The first-order valence-corrected chi connectivity index (χ1v) is 4.05. The van der Waals surface area contributed by atoms with Crippen LogP contribution < -0.4 is 0 Å². The summed E-state index contributed by atoms with van der Waals surface area (Å²) in [6.45, 7) is 0. The Bertz CT molecular complexity index is 434. The second-order valence-electron chi connectivity index (χ2n) is 2.76. The largest absolute Gasteiger partial charge is 0.303 e. The molecular formula is C10H8N2O. The summed E-state index contributed by atoms with van der Waals surface area (Å²) in [5.74, 6) is 0. The Morgan fingerprint density at radius 2 is 2.15 bits per heavy atom. The SMILES string of the molecule is O=CCc1cnnc2ccccc12. The minimum atomic E-state index is 0.399. The maximum Gasteiger partial charge on any atom is 0.124 e. The van der Waals surface area contributed by atoms with Crippen LogP contribution in [0.3, 0.4) is 0 Å². The maximum absolute atomic E-state index is 10.4. The first kappa shape index (κ1) is 7.86. The predicted molar refractivity (Wildman–Crippen MR) is 49.3 cm³/mol. The van der Waals surface area contributed by atoms with E-state index < -0.39 is 0 Å². The van der Waals surface area contributed by atoms with Gasteiger partial charge in [-0.15, -0.1) is 0 Å². The van der Waals surface area contributed by atoms with E-state index in [1.807, 2.05) is 24.3 Å². The molecule has 2 rings (SSSR count). The summed E-state index contributed by atoms with van der Waals surface area (Å²) in [4.78, 5) is 10.4. The molecule has 0 aliphatic carbocycles. The molecule has 0 saturated carbocycles. The van der Waals surface area contributed by atoms with Crippen molar-refractivity contribution in [3.8, 4) is 0 Å². The van der Waals surface area contributed by atoms with Gasteiger partial charge in [-0.3, -0.25) is 0 Å². The summed E-state index contributed by atoms with van der Waals surface area (Å²) in [6, 6.07) is 7.67. The lowest BCUT2D eigenvalue weighted by Gasteiger charge is -1.99. The molecule has 0 bridgehead atoms. The molecule has 0 radical (unpaired) electrons. The quantitative estimate of drug-likeness (QED) is 0.642. The highest BCUT2D eigenvalue weighted by atomic mass is 16.1. The monoisotopic (exact) mass is 172 g/mol. The van der Waals surface area contributed by atoms with Crippen LogP contribution in [0.5, 0.6) is 0 Å². The van der Waals surface area contributed by atoms with Crippen molar-refractivity contribution in [1.82, 2.24) is 10.2 Å². The van der Waals surface area contributed by atoms with Crippen molar-refractivity contribution in [2.45, 2.75) is 6.42 Å². The normalized spacial score (nSPS) is 10.2. The fourth-order valence-corrected chi connectivity index (χ4v) is 1.32. The van der Waals surface area contributed by atoms with Crippen LogP contribution in [0.15, 0.2) is 30.5 Å². The van der Waals surface area contributed by atoms with Crippen LogP contribution in [0.2, 0.25) is 0 Å². The first-order valence-electron chi connectivity index (χ1n) is 4.05. The number of aldehydes is 1. The zero-order valence-corrected chi connectivity index (χ0v) is 6.97. The van der Waals surface area contributed by atoms with Crippen molar-refractivity contribution >= 4 is 17.2 Å². The van der Waals surface area contributed by atoms with Crippen LogP contribution in [0, 0.1) is 0 Å². The smallest absolute Gasteiger partial charge is 0.124 e. The molecule has 1 heterocycles. The summed E-state index contributed by atoms with van der Waals surface area (Å²) in [7, 11) is 0. The molecule has 0 amide bonds. The van der Waals surface area contributed by atoms with E-state index in [0.29, 0.717) is 6.42 Å². The minimum Gasteiger partial charge on any atom is -0.303 e. The predicted octanol–water partition coefficient (Wildman–Crippen LogP) is 1.37. The van der Waals surface area contributed by atoms with Gasteiger partial charge in [-0.05, 0) is 11.6 Å². The third kappa shape index (κ3) is 1.40. The van der Waals surface area contributed by atoms with E-state index in [9.17, 15) is 4.79 Å². The maximum atomic E-state index is 10.4. The lowest BCUT2D eigenvalue weighted by atomic mass is 10.1. The van der Waals surface area contributed by atoms with Crippen molar-refractivity contribution in [2.24, 2.45) is 0 Å². The Morgan fingerprint density at radius 3 is 3.00 bits per heavy atom. The zero-order chi connectivity index (χ0) is 9.10. The molecule has 64 valence electrons. The van der Waals surface area contributed by atoms with Crippen LogP contribution in [-0.2, 0) is 11.2 Å². The topological polar surface area (TPSA) is 42.9 Å². The Labute approximate surface area is 75.4 Å². The number of nitrogens with zero attached hydrogens (tertiary/aromatic N) is 2. The summed E-state index contributed by atoms with van der Waals surface area (Å²) >= 11 is 0. The van der Waals surface area contributed by atoms with Crippen LogP contribution in [0.25, 0.3) is 10.9 Å². The van der Waals surface area contributed by atoms with Crippen molar-refractivity contribution < 1.29 is 4.79 Å². The molecule has 13 heavy (non-hydrogen) atoms. The molecule has 0 atom stereocenters. The highest BCUT2D eigenvalue weighted by Crippen LogP contribution is 2.14. The van der Waals surface area contributed by atoms with Gasteiger partial charge in [-0.1, -0.05) is 18.2 Å². The second-order valence-corrected chi connectivity index (χ2v) is 2.76. The fourth-order valence-electron chi connectivity index (χ4n) is 1.32. The van der Waals surface area contributed by atoms with Crippen LogP contribution in [0.1, 0.15) is 5.56 Å². The van der Waals surface area contributed by atoms with E-state index in [-0.39, 0.29) is 0 Å². The van der Waals surface area contributed by atoms with Gasteiger partial charge in [0.2, 0.25) is 0 Å². The standard InChI is InChI=1S/C10H8N2O/c13-6-5-8-7-11-12-10-4-2-1-3-9(8)10/h1-4,6-7H,5H2. The Morgan fingerprint density at radius 1 is 1.31 bits per heavy atom. The van der Waals surface area contributed by atoms with Gasteiger partial charge >= 0.3 is 0 Å². The van der Waals surface area contributed by atoms with E-state index in [0.717, 1.165) is 22.8 Å². The molecule has 0 aliphatic rings. The number of carbonyl (C=O) groups is 1. The van der Waals surface area contributed by atoms with Crippen molar-refractivity contribution in [3.05, 3.63) is 36.0 Å². The summed E-state index contributed by atoms with van der Waals surface area (Å²) in [5.41, 5.74) is 1.77. The molecular weight excluding hydrogens is 164 g/mol. The number of aromatic nitrogens is 2. The van der Waals surface area contributed by atoms with Crippen molar-refractivity contribution in [3.63, 3.8) is 0 Å². The van der Waals surface area contributed by atoms with Crippen LogP contribution in [0.4, 0.5) is 0 Å². The van der Waals surface area contributed by atoms with Gasteiger partial charge in [0.15, 0.2) is 0 Å². The number of fused-ring (bicyclic) bond motifs is 1. The van der Waals surface area contributed by atoms with Gasteiger partial charge in [-0.2, -0.15) is 10.2 Å². The Balaban J connectivity index is 2.68. The average molecular weight is 172 g/mol. The molecule has 1 aromatic heterocycles. The third-order valence-electron chi connectivity index (χ3n) is 1.93. The molecule has 0 aliphatic heterocycles. The summed E-state index contributed by atoms with van der Waals surface area (Å²) in [6.07, 6.45) is 2.91. The van der Waals surface area contributed by atoms with Gasteiger partial charge in [-0.25, -0.2) is 0 Å². The highest BCUT2D eigenvalue weighted by molar-refractivity contribution is 5.83. The molecule has 2 aromatic rings. The number of hydrogen-bond acceptors (Lipinski definition) is 3. The number of rotatable bonds is 2. The molecule has 3 nitrogen and oxygen atoms in total. The zero-order valence-electron chi connectivity index (χ0n) is 6.97. The summed E-state index contributed by atoms with van der Waals surface area (Å²) in [5, 5.41) is 8.78. The lowest BCUT2D eigenvalue weighted by Crippen LogP contribution is -1.92. The highest BCUT2D eigenvalue weighted by Gasteiger charge is 2.00. The molecule has 1 aromatic carbocycles. The Hall–Kier alpha value is -1.77. The van der Waals surface area contributed by atoms with Gasteiger partial charge in [0.1, 0.15) is 6.29 Å². The van der Waals surface area contributed by atoms with Crippen LogP contribution in [-0.4, -0.2) is 16.5 Å². The fraction of sp³-hybridized carbons (Fsp3) is 0.100. The molecule has 0 fully saturated rings. The van der Waals surface area contributed by atoms with E-state index in [1.54, 1.807) is 6.20 Å². The number of benzene rings is 1. The second kappa shape index (κ2) is 3.31. The van der Waals surface area contributed by atoms with Gasteiger partial charge < -0.3 is 4.79 Å². The summed E-state index contributed by atoms with van der Waals surface area (Å²) < 4.78 is 0. The first-order chi connectivity index (χ1) is 6.42. The Kier molecular flexibility index (Phi) is 2.00. The van der Waals surface area contributed by atoms with E-state index in [4.69, 9.17) is 0 Å². The molecule has 3 heteroatoms. The van der Waals surface area contributed by atoms with Gasteiger partial charge in [0.05, 0.1) is 11.7 Å². The number of hydrogen-bond donors (Lipinski definition) is 0. The third-order valence-corrected chi connectivity index (χ3v) is 1.93. The van der Waals surface area contributed by atoms with E-state index >= 15 is 0 Å². The van der Waals surface area contributed by atoms with E-state index in [2.05, 4.69) is 10.2 Å². The minimum absolute atomic E-state index is 0.399. The van der Waals surface area contributed by atoms with Gasteiger partial charge in [0.25, 0.3) is 0 Å². The average Bonchev–Trinajstić information content (AvgIpc) is 2.19. The molecule has 0 N–H and O–H groups in total. The van der Waals surface area contributed by atoms with E-state index in [1.165, 1.54) is 0 Å². The molecule has 0 saturated heterocycles.